The number of methoxy groups -OCH3 is 2. The molecule has 0 aliphatic rings. The van der Waals surface area contributed by atoms with E-state index in [-0.39, 0.29) is 0 Å². The highest BCUT2D eigenvalue weighted by atomic mass is 32.1. The molecule has 0 fully saturated rings. The van der Waals surface area contributed by atoms with Crippen LogP contribution in [0.25, 0.3) is 5.69 Å². The van der Waals surface area contributed by atoms with E-state index in [1.54, 1.807) is 20.4 Å². The van der Waals surface area contributed by atoms with Crippen LogP contribution < -0.4 is 9.47 Å². The molecular formula is C11H12N2O2S. The van der Waals surface area contributed by atoms with Crippen LogP contribution in [0.4, 0.5) is 0 Å². The van der Waals surface area contributed by atoms with Crippen LogP contribution in [0.5, 0.6) is 11.5 Å². The number of benzene rings is 1. The number of nitrogens with one attached hydrogen (secondary N) is 1. The first-order valence-corrected chi connectivity index (χ1v) is 5.15. The average Bonchev–Trinajstić information content (AvgIpc) is 2.74. The van der Waals surface area contributed by atoms with Gasteiger partial charge >= 0.3 is 0 Å². The molecular weight excluding hydrogens is 224 g/mol. The number of imidazole rings is 1. The summed E-state index contributed by atoms with van der Waals surface area (Å²) in [4.78, 5) is 2.94. The van der Waals surface area contributed by atoms with Crippen LogP contribution in [0, 0.1) is 4.77 Å². The minimum atomic E-state index is 0.628. The van der Waals surface area contributed by atoms with E-state index in [0.717, 1.165) is 17.2 Å². The fourth-order valence-electron chi connectivity index (χ4n) is 1.49. The van der Waals surface area contributed by atoms with E-state index < -0.39 is 0 Å². The molecule has 5 heteroatoms. The zero-order valence-electron chi connectivity index (χ0n) is 9.06. The Morgan fingerprint density at radius 3 is 2.62 bits per heavy atom. The van der Waals surface area contributed by atoms with Crippen molar-refractivity contribution in [3.63, 3.8) is 0 Å². The number of rotatable bonds is 3. The van der Waals surface area contributed by atoms with Gasteiger partial charge in [0.15, 0.2) is 4.77 Å². The molecule has 0 aliphatic carbocycles. The monoisotopic (exact) mass is 236 g/mol. The Hall–Kier alpha value is -1.75. The summed E-state index contributed by atoms with van der Waals surface area (Å²) in [6, 6.07) is 5.60. The standard InChI is InChI=1S/C11H12N2O2S/c1-14-8-3-4-9(10(7-8)15-2)13-6-5-12-11(13)16/h3-7H,1-2H3,(H,12,16). The third kappa shape index (κ3) is 1.81. The van der Waals surface area contributed by atoms with Gasteiger partial charge in [-0.15, -0.1) is 0 Å². The van der Waals surface area contributed by atoms with Crippen molar-refractivity contribution in [3.05, 3.63) is 35.4 Å². The summed E-state index contributed by atoms with van der Waals surface area (Å²) in [6.07, 6.45) is 3.64. The molecule has 0 saturated heterocycles. The normalized spacial score (nSPS) is 10.1. The minimum Gasteiger partial charge on any atom is -0.497 e. The van der Waals surface area contributed by atoms with Gasteiger partial charge in [0.1, 0.15) is 11.5 Å². The second-order valence-corrected chi connectivity index (χ2v) is 3.56. The van der Waals surface area contributed by atoms with Crippen molar-refractivity contribution in [1.82, 2.24) is 9.55 Å². The second-order valence-electron chi connectivity index (χ2n) is 3.17. The van der Waals surface area contributed by atoms with Crippen LogP contribution in [0.3, 0.4) is 0 Å². The van der Waals surface area contributed by atoms with Crippen molar-refractivity contribution in [3.8, 4) is 17.2 Å². The lowest BCUT2D eigenvalue weighted by atomic mass is 10.2. The first-order valence-electron chi connectivity index (χ1n) is 4.74. The molecule has 4 nitrogen and oxygen atoms in total. The van der Waals surface area contributed by atoms with Gasteiger partial charge in [-0.2, -0.15) is 0 Å². The van der Waals surface area contributed by atoms with Crippen LogP contribution in [0.2, 0.25) is 0 Å². The Labute approximate surface area is 98.4 Å². The van der Waals surface area contributed by atoms with Gasteiger partial charge in [-0.05, 0) is 24.4 Å². The number of H-pyrrole nitrogens is 1. The van der Waals surface area contributed by atoms with E-state index in [4.69, 9.17) is 21.7 Å². The molecule has 84 valence electrons. The van der Waals surface area contributed by atoms with Crippen molar-refractivity contribution < 1.29 is 9.47 Å². The van der Waals surface area contributed by atoms with E-state index in [1.807, 2.05) is 29.0 Å². The quantitative estimate of drug-likeness (QED) is 0.832. The van der Waals surface area contributed by atoms with Crippen LogP contribution in [-0.2, 0) is 0 Å². The number of aromatic amines is 1. The van der Waals surface area contributed by atoms with E-state index in [0.29, 0.717) is 4.77 Å². The van der Waals surface area contributed by atoms with Crippen LogP contribution in [0.15, 0.2) is 30.6 Å². The van der Waals surface area contributed by atoms with Crippen LogP contribution >= 0.6 is 12.2 Å². The molecule has 2 rings (SSSR count). The van der Waals surface area contributed by atoms with Crippen LogP contribution in [-0.4, -0.2) is 23.8 Å². The van der Waals surface area contributed by atoms with Crippen molar-refractivity contribution in [2.24, 2.45) is 0 Å². The Kier molecular flexibility index (Phi) is 2.96. The summed E-state index contributed by atoms with van der Waals surface area (Å²) in [5.41, 5.74) is 0.884. The van der Waals surface area contributed by atoms with Gasteiger partial charge in [-0.25, -0.2) is 0 Å². The Balaban J connectivity index is 2.57. The summed E-state index contributed by atoms with van der Waals surface area (Å²) in [5.74, 6) is 1.47. The minimum absolute atomic E-state index is 0.628. The molecule has 1 N–H and O–H groups in total. The van der Waals surface area contributed by atoms with Gasteiger partial charge in [-0.3, -0.25) is 4.57 Å². The molecule has 0 unspecified atom stereocenters. The van der Waals surface area contributed by atoms with E-state index in [1.165, 1.54) is 0 Å². The molecule has 0 aliphatic heterocycles. The average molecular weight is 236 g/mol. The summed E-state index contributed by atoms with van der Waals surface area (Å²) < 4.78 is 12.9. The number of hydrogen-bond donors (Lipinski definition) is 1. The lowest BCUT2D eigenvalue weighted by molar-refractivity contribution is 0.393. The Bertz CT molecular complexity index is 545. The van der Waals surface area contributed by atoms with Crippen molar-refractivity contribution in [2.75, 3.05) is 14.2 Å². The highest BCUT2D eigenvalue weighted by molar-refractivity contribution is 7.71. The predicted molar refractivity (Wildman–Crippen MR) is 64.1 cm³/mol. The van der Waals surface area contributed by atoms with E-state index in [9.17, 15) is 0 Å². The molecule has 1 heterocycles. The van der Waals surface area contributed by atoms with Gasteiger partial charge in [-0.1, -0.05) is 0 Å². The molecule has 0 atom stereocenters. The van der Waals surface area contributed by atoms with Crippen molar-refractivity contribution in [1.29, 1.82) is 0 Å². The number of nitrogens with zero attached hydrogens (tertiary/aromatic N) is 1. The topological polar surface area (TPSA) is 39.2 Å². The summed E-state index contributed by atoms with van der Waals surface area (Å²) in [5, 5.41) is 0. The maximum atomic E-state index is 5.31. The SMILES string of the molecule is COc1ccc(-n2cc[nH]c2=S)c(OC)c1. The summed E-state index contributed by atoms with van der Waals surface area (Å²) in [6.45, 7) is 0. The van der Waals surface area contributed by atoms with Gasteiger partial charge < -0.3 is 14.5 Å². The highest BCUT2D eigenvalue weighted by Gasteiger charge is 2.07. The van der Waals surface area contributed by atoms with Crippen molar-refractivity contribution >= 4 is 12.2 Å². The fourth-order valence-corrected chi connectivity index (χ4v) is 1.72. The molecule has 1 aromatic heterocycles. The summed E-state index contributed by atoms with van der Waals surface area (Å²) in [7, 11) is 3.24. The van der Waals surface area contributed by atoms with Gasteiger partial charge in [0.2, 0.25) is 0 Å². The third-order valence-electron chi connectivity index (χ3n) is 2.30. The fraction of sp³-hybridized carbons (Fsp3) is 0.182. The first-order chi connectivity index (χ1) is 7.76. The third-order valence-corrected chi connectivity index (χ3v) is 2.61. The lowest BCUT2D eigenvalue weighted by Crippen LogP contribution is -1.97. The first kappa shape index (κ1) is 10.8. The van der Waals surface area contributed by atoms with Gasteiger partial charge in [0.05, 0.1) is 19.9 Å². The Morgan fingerprint density at radius 1 is 1.25 bits per heavy atom. The number of ether oxygens (including phenoxy) is 2. The lowest BCUT2D eigenvalue weighted by Gasteiger charge is -2.10. The number of aromatic nitrogens is 2. The largest absolute Gasteiger partial charge is 0.497 e. The molecule has 16 heavy (non-hydrogen) atoms. The van der Waals surface area contributed by atoms with E-state index >= 15 is 0 Å². The summed E-state index contributed by atoms with van der Waals surface area (Å²) >= 11 is 5.16. The zero-order chi connectivity index (χ0) is 11.5. The highest BCUT2D eigenvalue weighted by Crippen LogP contribution is 2.27. The van der Waals surface area contributed by atoms with Crippen LogP contribution in [0.1, 0.15) is 0 Å². The Morgan fingerprint density at radius 2 is 2.06 bits per heavy atom. The maximum absolute atomic E-state index is 5.31. The van der Waals surface area contributed by atoms with Crippen molar-refractivity contribution in [2.45, 2.75) is 0 Å². The second kappa shape index (κ2) is 4.40. The number of hydrogen-bond acceptors (Lipinski definition) is 3. The van der Waals surface area contributed by atoms with Gasteiger partial charge in [0.25, 0.3) is 0 Å². The molecule has 0 bridgehead atoms. The van der Waals surface area contributed by atoms with Gasteiger partial charge in [0, 0.05) is 18.5 Å². The molecule has 1 aromatic carbocycles. The smallest absolute Gasteiger partial charge is 0.181 e. The zero-order valence-corrected chi connectivity index (χ0v) is 9.88. The molecule has 0 radical (unpaired) electrons. The molecule has 2 aromatic rings. The predicted octanol–water partition coefficient (Wildman–Crippen LogP) is 2.55. The maximum Gasteiger partial charge on any atom is 0.181 e. The molecule has 0 spiro atoms. The van der Waals surface area contributed by atoms with E-state index in [2.05, 4.69) is 4.98 Å². The molecule has 0 saturated carbocycles. The molecule has 0 amide bonds.